The minimum Gasteiger partial charge on any atom is -0.481 e. The number of carboxylic acids is 4. The Kier molecular flexibility index (Phi) is 43.1. The number of para-hydroxylation sites is 2. The zero-order chi connectivity index (χ0) is 105. The average molecular weight is 2060 g/mol. The second-order valence-electron chi connectivity index (χ2n) is 37.8. The SMILES string of the molecule is CC(=O)N[C@@H](Cc1c[nH]c2ccccc12)C(=O)N[C@H](C(=O)N[C@@H](CC(C)(C)C)C(=O)N[C@H]1CSSC[C@@H](C(=O)N[C@@H](Cc2c[nH]c3ccccc23)C(=O)N2CCC[C@H]2C(N)=O)NC(=O)[C@H](CC(=O)O)NC(=O)[C@H](CCCCNC(=O)CN2CCN(CC(=O)O)CCN(CC(=O)O)CCN(CC(=O)O)CC2)NC(=O)[C@H](Cc2ccc3ccccc3c2)NC(=O)[C@H](CC(N)=O)NC(=O)[C@H](CN2CCOCC2)NC1=O)[C@@H](C)O. The number of carboxylic acid groups (broad SMARTS) is 4. The van der Waals surface area contributed by atoms with Crippen molar-refractivity contribution in [3.05, 3.63) is 120 Å². The second kappa shape index (κ2) is 55.0. The van der Waals surface area contributed by atoms with Gasteiger partial charge in [0.05, 0.1) is 58.3 Å². The van der Waals surface area contributed by atoms with Crippen molar-refractivity contribution < 1.29 is 121 Å². The Morgan fingerprint density at radius 2 is 1.02 bits per heavy atom. The van der Waals surface area contributed by atoms with Crippen molar-refractivity contribution in [3.8, 4) is 0 Å². The molecular formula is C96H132N22O25S2. The molecule has 0 radical (unpaired) electrons. The van der Waals surface area contributed by atoms with Crippen molar-refractivity contribution in [2.24, 2.45) is 16.9 Å². The average Bonchev–Trinajstić information content (AvgIpc) is 1.59. The molecule has 15 amide bonds. The number of carbonyl (C=O) groups is 19. The number of nitrogens with two attached hydrogens (primary N) is 2. The number of unbranched alkanes of at least 4 members (excludes halogenated alkanes) is 1. The van der Waals surface area contributed by atoms with Gasteiger partial charge in [0, 0.05) is 157 Å². The lowest BCUT2D eigenvalue weighted by molar-refractivity contribution is -0.142. The molecule has 0 aliphatic carbocycles. The molecule has 0 spiro atoms. The molecule has 4 aliphatic rings. The van der Waals surface area contributed by atoms with E-state index in [0.717, 1.165) is 37.9 Å². The van der Waals surface area contributed by atoms with Gasteiger partial charge >= 0.3 is 23.9 Å². The fourth-order valence-corrected chi connectivity index (χ4v) is 19.9. The van der Waals surface area contributed by atoms with Gasteiger partial charge < -0.3 is 120 Å². The van der Waals surface area contributed by atoms with Gasteiger partial charge in [0.25, 0.3) is 0 Å². The molecular weight excluding hydrogens is 1930 g/mol. The molecule has 6 heterocycles. The summed E-state index contributed by atoms with van der Waals surface area (Å²) in [4.78, 5) is 287. The largest absolute Gasteiger partial charge is 0.481 e. The standard InChI is InChI=1S/C96H132N22O25S2/c1-55(119)83(112-89(136)68(102-56(2)120)41-60-46-100-64-19-10-8-17-62(60)64)94(141)108-72(45-96(3,4)5)90(137)111-75-54-145-144-53-74(92(139)107-71(95(142)118-26-14-22-76(118)84(98)131)42-61-47-101-65-20-11-9-18-63(61)65)110-88(135)70(44-79(123)124)106-85(132)66(21-12-13-25-99-78(122)49-113-27-29-114(50-80(125)126)31-33-116(52-82(129)130)34-32-115(30-28-113)51-81(127)128)103-86(133)67(40-57-23-24-58-15-6-7-16-59(58)39-57)104-87(134)69(43-77(97)121)105-91(138)73(109-93(75)140)48-117-35-37-143-38-36-117/h6-11,15-20,23-24,39,46-47,55,66-76,83,100-101,119H,12-14,21-22,25-38,40-45,48-54H2,1-5H3,(H2,97,121)(H2,98,131)(H,99,122)(H,102,120)(H,103,133)(H,104,134)(H,105,138)(H,106,132)(H,107,139)(H,108,141)(H,109,140)(H,110,135)(H,111,137)(H,112,136)(H,123,124)(H,125,126)(H,127,128)(H,129,130)/t55-,66+,67+,68+,69+,70+,71+,72+,73+,74+,75+,76+,83+/m1/s1. The summed E-state index contributed by atoms with van der Waals surface area (Å²) in [6.07, 6.45) is -1.64. The molecule has 13 atom stereocenters. The summed E-state index contributed by atoms with van der Waals surface area (Å²) in [6, 6.07) is 5.45. The minimum atomic E-state index is -2.18. The van der Waals surface area contributed by atoms with Gasteiger partial charge in [-0.15, -0.1) is 0 Å². The molecule has 788 valence electrons. The number of primary amides is 2. The van der Waals surface area contributed by atoms with Crippen LogP contribution in [0, 0.1) is 5.41 Å². The van der Waals surface area contributed by atoms with Crippen LogP contribution in [0.5, 0.6) is 0 Å². The van der Waals surface area contributed by atoms with Crippen LogP contribution in [0.4, 0.5) is 0 Å². The maximum Gasteiger partial charge on any atom is 0.317 e. The first-order valence-corrected chi connectivity index (χ1v) is 50.5. The highest BCUT2D eigenvalue weighted by atomic mass is 33.1. The van der Waals surface area contributed by atoms with Crippen LogP contribution in [0.25, 0.3) is 32.6 Å². The zero-order valence-corrected chi connectivity index (χ0v) is 83.1. The molecule has 4 aliphatic heterocycles. The third-order valence-electron chi connectivity index (χ3n) is 25.1. The van der Waals surface area contributed by atoms with E-state index in [-0.39, 0.29) is 143 Å². The number of fused-ring (bicyclic) bond motifs is 3. The first-order chi connectivity index (χ1) is 69.0. The molecule has 49 heteroatoms. The van der Waals surface area contributed by atoms with Crippen LogP contribution >= 0.6 is 21.6 Å². The Balaban J connectivity index is 1.02. The van der Waals surface area contributed by atoms with Gasteiger partial charge in [-0.1, -0.05) is 121 Å². The van der Waals surface area contributed by atoms with Crippen LogP contribution in [0.15, 0.2) is 103 Å². The first kappa shape index (κ1) is 114. The fraction of sp³-hybridized carbons (Fsp3) is 0.531. The summed E-state index contributed by atoms with van der Waals surface area (Å²) < 4.78 is 5.64. The van der Waals surface area contributed by atoms with E-state index in [1.807, 2.05) is 0 Å². The molecule has 0 unspecified atom stereocenters. The Morgan fingerprint density at radius 3 is 1.58 bits per heavy atom. The molecule has 4 fully saturated rings. The Morgan fingerprint density at radius 1 is 0.510 bits per heavy atom. The second-order valence-corrected chi connectivity index (χ2v) is 40.3. The highest BCUT2D eigenvalue weighted by Crippen LogP contribution is 2.29. The molecule has 2 aromatic heterocycles. The van der Waals surface area contributed by atoms with Crippen LogP contribution < -0.4 is 75.3 Å². The number of aliphatic hydroxyl groups excluding tert-OH is 1. The van der Waals surface area contributed by atoms with Crippen LogP contribution in [0.1, 0.15) is 103 Å². The van der Waals surface area contributed by atoms with Crippen LogP contribution in [-0.2, 0) is 115 Å². The number of aromatic nitrogens is 2. The lowest BCUT2D eigenvalue weighted by Crippen LogP contribution is -2.63. The number of benzene rings is 4. The van der Waals surface area contributed by atoms with E-state index in [4.69, 9.17) is 16.2 Å². The number of amides is 15. The van der Waals surface area contributed by atoms with Crippen LogP contribution in [0.3, 0.4) is 0 Å². The summed E-state index contributed by atoms with van der Waals surface area (Å²) in [5, 5.41) is 85.8. The molecule has 0 bridgehead atoms. The molecule has 6 aromatic rings. The number of hydrogen-bond donors (Lipinski definition) is 21. The maximum atomic E-state index is 15.8. The van der Waals surface area contributed by atoms with Gasteiger partial charge in [0.2, 0.25) is 88.6 Å². The molecule has 23 N–H and O–H groups in total. The number of H-pyrrole nitrogens is 2. The summed E-state index contributed by atoms with van der Waals surface area (Å²) >= 11 is 0. The number of rotatable bonds is 38. The highest BCUT2D eigenvalue weighted by Gasteiger charge is 2.43. The van der Waals surface area contributed by atoms with Crippen molar-refractivity contribution in [2.45, 2.75) is 184 Å². The number of aliphatic carboxylic acids is 4. The van der Waals surface area contributed by atoms with Crippen molar-refractivity contribution in [3.63, 3.8) is 0 Å². The molecule has 10 rings (SSSR count). The number of likely N-dealkylation sites (tertiary alicyclic amines) is 1. The number of carbonyl (C=O) groups excluding carboxylic acids is 15. The van der Waals surface area contributed by atoms with E-state index < -0.39 is 253 Å². The van der Waals surface area contributed by atoms with Gasteiger partial charge in [-0.25, -0.2) is 0 Å². The molecule has 145 heavy (non-hydrogen) atoms. The Bertz CT molecular complexity index is 5590. The summed E-state index contributed by atoms with van der Waals surface area (Å²) in [7, 11) is 1.51. The predicted octanol–water partition coefficient (Wildman–Crippen LogP) is -3.68. The highest BCUT2D eigenvalue weighted by molar-refractivity contribution is 8.76. The van der Waals surface area contributed by atoms with E-state index in [2.05, 4.69) is 73.8 Å². The van der Waals surface area contributed by atoms with E-state index in [9.17, 15) is 73.5 Å². The van der Waals surface area contributed by atoms with E-state index in [0.29, 0.717) is 39.4 Å². The van der Waals surface area contributed by atoms with Crippen molar-refractivity contribution >= 4 is 167 Å². The lowest BCUT2D eigenvalue weighted by Gasteiger charge is -2.32. The molecule has 0 saturated carbocycles. The van der Waals surface area contributed by atoms with Crippen molar-refractivity contribution in [1.82, 2.24) is 103 Å². The number of aromatic amines is 2. The minimum absolute atomic E-state index is 0.0152. The number of ether oxygens (including phenoxy) is 1. The summed E-state index contributed by atoms with van der Waals surface area (Å²) in [6.45, 7) is 6.81. The topological polar surface area (TPSA) is 682 Å². The maximum absolute atomic E-state index is 15.8. The summed E-state index contributed by atoms with van der Waals surface area (Å²) in [5.41, 5.74) is 13.7. The lowest BCUT2D eigenvalue weighted by atomic mass is 9.87. The number of nitrogens with zero attached hydrogens (tertiary/aromatic N) is 6. The van der Waals surface area contributed by atoms with Gasteiger partial charge in [-0.2, -0.15) is 0 Å². The Labute approximate surface area is 843 Å². The van der Waals surface area contributed by atoms with Gasteiger partial charge in [-0.3, -0.25) is 116 Å². The molecule has 4 aromatic carbocycles. The summed E-state index contributed by atoms with van der Waals surface area (Å²) in [5.74, 6) is -21.8. The smallest absolute Gasteiger partial charge is 0.317 e. The predicted molar refractivity (Wildman–Crippen MR) is 532 cm³/mol. The van der Waals surface area contributed by atoms with Gasteiger partial charge in [0.15, 0.2) is 0 Å². The van der Waals surface area contributed by atoms with Crippen molar-refractivity contribution in [1.29, 1.82) is 0 Å². The monoisotopic (exact) mass is 2060 g/mol. The first-order valence-electron chi connectivity index (χ1n) is 48.0. The normalized spacial score (nSPS) is 21.5. The molecule has 47 nitrogen and oxygen atoms in total. The quantitative estimate of drug-likeness (QED) is 0.0131. The number of nitrogens with one attached hydrogen (secondary N) is 14. The Hall–Kier alpha value is -13.4. The number of hydrogen-bond acceptors (Lipinski definition) is 28. The van der Waals surface area contributed by atoms with Crippen molar-refractivity contribution in [2.75, 3.05) is 136 Å². The van der Waals surface area contributed by atoms with Gasteiger partial charge in [0.1, 0.15) is 72.5 Å². The fourth-order valence-electron chi connectivity index (χ4n) is 17.6. The third-order valence-corrected chi connectivity index (χ3v) is 27.5. The van der Waals surface area contributed by atoms with Crippen LogP contribution in [-0.4, -0.2) is 392 Å². The van der Waals surface area contributed by atoms with Crippen LogP contribution in [0.2, 0.25) is 0 Å². The number of morpholine rings is 1. The third kappa shape index (κ3) is 36.1. The molecule has 4 saturated heterocycles. The number of aliphatic hydroxyl groups is 1. The van der Waals surface area contributed by atoms with E-state index in [1.54, 1.807) is 149 Å². The van der Waals surface area contributed by atoms with E-state index in [1.165, 1.54) is 18.7 Å². The van der Waals surface area contributed by atoms with E-state index >= 15 is 43.2 Å². The zero-order valence-electron chi connectivity index (χ0n) is 81.5. The van der Waals surface area contributed by atoms with Gasteiger partial charge in [-0.05, 0) is 90.5 Å².